The van der Waals surface area contributed by atoms with Crippen LogP contribution in [0.2, 0.25) is 0 Å². The van der Waals surface area contributed by atoms with E-state index in [1.54, 1.807) is 6.20 Å². The molecule has 2 nitrogen and oxygen atoms in total. The normalized spacial score (nSPS) is 10.4. The number of unbranched alkanes of at least 4 members (excludes halogenated alkanes) is 2. The van der Waals surface area contributed by atoms with Crippen molar-refractivity contribution in [2.75, 3.05) is 0 Å². The molecular formula is C15H17N2. The number of rotatable bonds is 5. The molecule has 0 N–H and O–H groups in total. The second-order valence-electron chi connectivity index (χ2n) is 4.12. The quantitative estimate of drug-likeness (QED) is 0.725. The molecule has 2 heteroatoms. The van der Waals surface area contributed by atoms with Gasteiger partial charge >= 0.3 is 0 Å². The summed E-state index contributed by atoms with van der Waals surface area (Å²) < 4.78 is 0. The molecule has 0 spiro atoms. The fourth-order valence-electron chi connectivity index (χ4n) is 1.77. The summed E-state index contributed by atoms with van der Waals surface area (Å²) in [5, 5.41) is 0. The van der Waals surface area contributed by atoms with Crippen LogP contribution < -0.4 is 0 Å². The Hall–Kier alpha value is -1.70. The molecule has 2 aromatic rings. The first-order chi connectivity index (χ1) is 8.40. The van der Waals surface area contributed by atoms with Crippen molar-refractivity contribution in [1.82, 2.24) is 9.97 Å². The van der Waals surface area contributed by atoms with Crippen molar-refractivity contribution >= 4 is 0 Å². The molecule has 0 atom stereocenters. The van der Waals surface area contributed by atoms with Gasteiger partial charge in [0.05, 0.1) is 11.4 Å². The Balaban J connectivity index is 2.12. The van der Waals surface area contributed by atoms with Gasteiger partial charge in [-0.25, -0.2) is 0 Å². The summed E-state index contributed by atoms with van der Waals surface area (Å²) in [4.78, 5) is 8.61. The third-order valence-corrected chi connectivity index (χ3v) is 2.72. The van der Waals surface area contributed by atoms with Crippen molar-refractivity contribution in [3.05, 3.63) is 48.3 Å². The first-order valence-corrected chi connectivity index (χ1v) is 6.18. The van der Waals surface area contributed by atoms with Gasteiger partial charge in [0.15, 0.2) is 0 Å². The third-order valence-electron chi connectivity index (χ3n) is 2.72. The van der Waals surface area contributed by atoms with Crippen LogP contribution in [-0.4, -0.2) is 9.97 Å². The Morgan fingerprint density at radius 1 is 1.06 bits per heavy atom. The van der Waals surface area contributed by atoms with E-state index in [-0.39, 0.29) is 0 Å². The Kier molecular flexibility index (Phi) is 4.25. The van der Waals surface area contributed by atoms with Gasteiger partial charge in [0, 0.05) is 18.5 Å². The van der Waals surface area contributed by atoms with Crippen molar-refractivity contribution < 1.29 is 0 Å². The van der Waals surface area contributed by atoms with E-state index >= 15 is 0 Å². The second kappa shape index (κ2) is 6.14. The summed E-state index contributed by atoms with van der Waals surface area (Å²) in [6, 6.07) is 11.2. The molecule has 0 fully saturated rings. The molecule has 0 aromatic carbocycles. The highest BCUT2D eigenvalue weighted by Gasteiger charge is 2.01. The monoisotopic (exact) mass is 225 g/mol. The molecule has 0 amide bonds. The summed E-state index contributed by atoms with van der Waals surface area (Å²) >= 11 is 0. The minimum Gasteiger partial charge on any atom is -0.255 e. The topological polar surface area (TPSA) is 25.8 Å². The first kappa shape index (κ1) is 11.8. The zero-order chi connectivity index (χ0) is 11.9. The van der Waals surface area contributed by atoms with Gasteiger partial charge in [0.1, 0.15) is 0 Å². The van der Waals surface area contributed by atoms with Crippen molar-refractivity contribution in [2.24, 2.45) is 0 Å². The molecule has 2 heterocycles. The molecule has 0 saturated heterocycles. The maximum absolute atomic E-state index is 4.32. The average Bonchev–Trinajstić information content (AvgIpc) is 2.41. The minimum absolute atomic E-state index is 0.847. The molecule has 0 saturated carbocycles. The fourth-order valence-corrected chi connectivity index (χ4v) is 1.77. The molecule has 2 aromatic heterocycles. The van der Waals surface area contributed by atoms with Crippen LogP contribution in [0, 0.1) is 6.07 Å². The van der Waals surface area contributed by atoms with E-state index in [0.29, 0.717) is 0 Å². The van der Waals surface area contributed by atoms with Crippen LogP contribution in [0.5, 0.6) is 0 Å². The van der Waals surface area contributed by atoms with Crippen LogP contribution in [0.4, 0.5) is 0 Å². The van der Waals surface area contributed by atoms with Crippen LogP contribution in [0.15, 0.2) is 36.7 Å². The van der Waals surface area contributed by atoms with E-state index in [1.807, 2.05) is 30.5 Å². The summed E-state index contributed by atoms with van der Waals surface area (Å²) in [7, 11) is 0. The zero-order valence-corrected chi connectivity index (χ0v) is 10.2. The first-order valence-electron chi connectivity index (χ1n) is 6.18. The van der Waals surface area contributed by atoms with Crippen molar-refractivity contribution in [3.63, 3.8) is 0 Å². The molecule has 0 bridgehead atoms. The van der Waals surface area contributed by atoms with Gasteiger partial charge in [0.2, 0.25) is 0 Å². The third kappa shape index (κ3) is 3.38. The molecule has 0 aliphatic rings. The van der Waals surface area contributed by atoms with Gasteiger partial charge in [-0.05, 0) is 36.6 Å². The molecule has 1 radical (unpaired) electrons. The zero-order valence-electron chi connectivity index (χ0n) is 10.2. The van der Waals surface area contributed by atoms with Crippen LogP contribution in [0.3, 0.4) is 0 Å². The highest BCUT2D eigenvalue weighted by atomic mass is 14.8. The Bertz CT molecular complexity index is 451. The van der Waals surface area contributed by atoms with Gasteiger partial charge in [-0.15, -0.1) is 0 Å². The van der Waals surface area contributed by atoms with E-state index in [1.165, 1.54) is 24.8 Å². The lowest BCUT2D eigenvalue weighted by atomic mass is 10.1. The highest BCUT2D eigenvalue weighted by Crippen LogP contribution is 2.15. The number of aromatic nitrogens is 2. The molecule has 0 aliphatic heterocycles. The number of hydrogen-bond acceptors (Lipinski definition) is 2. The molecule has 87 valence electrons. The number of pyridine rings is 2. The summed E-state index contributed by atoms with van der Waals surface area (Å²) in [5.74, 6) is 0. The molecule has 0 unspecified atom stereocenters. The van der Waals surface area contributed by atoms with Gasteiger partial charge < -0.3 is 0 Å². The lowest BCUT2D eigenvalue weighted by Gasteiger charge is -2.03. The fraction of sp³-hybridized carbons (Fsp3) is 0.333. The van der Waals surface area contributed by atoms with Crippen LogP contribution in [-0.2, 0) is 6.42 Å². The van der Waals surface area contributed by atoms with Gasteiger partial charge in [-0.2, -0.15) is 0 Å². The molecule has 0 aliphatic carbocycles. The lowest BCUT2D eigenvalue weighted by Crippen LogP contribution is -1.91. The maximum atomic E-state index is 4.32. The van der Waals surface area contributed by atoms with E-state index in [0.717, 1.165) is 17.8 Å². The summed E-state index contributed by atoms with van der Waals surface area (Å²) in [6.45, 7) is 2.22. The highest BCUT2D eigenvalue weighted by molar-refractivity contribution is 5.53. The lowest BCUT2D eigenvalue weighted by molar-refractivity contribution is 0.716. The largest absolute Gasteiger partial charge is 0.255 e. The van der Waals surface area contributed by atoms with E-state index in [4.69, 9.17) is 0 Å². The number of nitrogens with zero attached hydrogens (tertiary/aromatic N) is 2. The second-order valence-corrected chi connectivity index (χ2v) is 4.12. The number of hydrogen-bond donors (Lipinski definition) is 0. The van der Waals surface area contributed by atoms with Gasteiger partial charge in [-0.1, -0.05) is 25.8 Å². The van der Waals surface area contributed by atoms with Gasteiger partial charge in [0.25, 0.3) is 0 Å². The van der Waals surface area contributed by atoms with E-state index < -0.39 is 0 Å². The molecule has 17 heavy (non-hydrogen) atoms. The van der Waals surface area contributed by atoms with Crippen molar-refractivity contribution in [1.29, 1.82) is 0 Å². The SMILES string of the molecule is CCCCCc1[c]c(-c2ccccn2)ncc1. The average molecular weight is 225 g/mol. The molecule has 2 rings (SSSR count). The Labute approximate surface area is 103 Å². The smallest absolute Gasteiger partial charge is 0.0968 e. The number of aryl methyl sites for hydroxylation is 1. The standard InChI is InChI=1S/C15H17N2/c1-2-3-4-7-13-9-11-17-15(12-13)14-8-5-6-10-16-14/h5-6,8-11H,2-4,7H2,1H3. The van der Waals surface area contributed by atoms with Crippen LogP contribution >= 0.6 is 0 Å². The Morgan fingerprint density at radius 3 is 2.76 bits per heavy atom. The van der Waals surface area contributed by atoms with Gasteiger partial charge in [-0.3, -0.25) is 9.97 Å². The van der Waals surface area contributed by atoms with Crippen LogP contribution in [0.1, 0.15) is 31.7 Å². The predicted octanol–water partition coefficient (Wildman–Crippen LogP) is 3.68. The van der Waals surface area contributed by atoms with Crippen molar-refractivity contribution in [2.45, 2.75) is 32.6 Å². The Morgan fingerprint density at radius 2 is 2.00 bits per heavy atom. The van der Waals surface area contributed by atoms with Crippen LogP contribution in [0.25, 0.3) is 11.4 Å². The molecular weight excluding hydrogens is 208 g/mol. The predicted molar refractivity (Wildman–Crippen MR) is 69.5 cm³/mol. The minimum atomic E-state index is 0.847. The van der Waals surface area contributed by atoms with E-state index in [2.05, 4.69) is 23.0 Å². The van der Waals surface area contributed by atoms with E-state index in [9.17, 15) is 0 Å². The summed E-state index contributed by atoms with van der Waals surface area (Å²) in [5.41, 5.74) is 2.97. The van der Waals surface area contributed by atoms with Crippen molar-refractivity contribution in [3.8, 4) is 11.4 Å². The summed E-state index contributed by atoms with van der Waals surface area (Å²) in [6.07, 6.45) is 8.46. The maximum Gasteiger partial charge on any atom is 0.0968 e.